The third-order valence-electron chi connectivity index (χ3n) is 5.22. The van der Waals surface area contributed by atoms with E-state index in [0.29, 0.717) is 0 Å². The van der Waals surface area contributed by atoms with Crippen molar-refractivity contribution in [2.24, 2.45) is 5.92 Å². The topological polar surface area (TPSA) is 33.3 Å². The molecule has 2 aliphatic heterocycles. The van der Waals surface area contributed by atoms with Crippen molar-refractivity contribution in [2.75, 3.05) is 19.7 Å². The van der Waals surface area contributed by atoms with Crippen molar-refractivity contribution in [3.8, 4) is 0 Å². The molecule has 18 heavy (non-hydrogen) atoms. The third kappa shape index (κ3) is 2.73. The summed E-state index contributed by atoms with van der Waals surface area (Å²) in [6.07, 6.45) is 9.38. The zero-order valence-corrected chi connectivity index (χ0v) is 11.7. The van der Waals surface area contributed by atoms with Gasteiger partial charge in [-0.1, -0.05) is 6.42 Å². The van der Waals surface area contributed by atoms with E-state index in [1.165, 1.54) is 51.5 Å². The highest BCUT2D eigenvalue weighted by molar-refractivity contribution is 4.95. The molecule has 104 valence electrons. The summed E-state index contributed by atoms with van der Waals surface area (Å²) in [5.74, 6) is 0.859. The predicted octanol–water partition coefficient (Wildman–Crippen LogP) is 2.07. The monoisotopic (exact) mass is 252 g/mol. The maximum Gasteiger partial charge on any atom is 0.0779 e. The fourth-order valence-corrected chi connectivity index (χ4v) is 4.12. The molecule has 0 spiro atoms. The number of hydrogen-bond acceptors (Lipinski definition) is 3. The molecule has 4 unspecified atom stereocenters. The van der Waals surface area contributed by atoms with Crippen LogP contribution in [0.2, 0.25) is 0 Å². The quantitative estimate of drug-likeness (QED) is 0.803. The average Bonchev–Trinajstić information content (AvgIpc) is 3.08. The molecule has 0 aromatic rings. The van der Waals surface area contributed by atoms with Crippen LogP contribution in [-0.4, -0.2) is 37.4 Å². The smallest absolute Gasteiger partial charge is 0.0779 e. The summed E-state index contributed by atoms with van der Waals surface area (Å²) in [5.41, 5.74) is 0.107. The van der Waals surface area contributed by atoms with Crippen LogP contribution in [-0.2, 0) is 4.74 Å². The van der Waals surface area contributed by atoms with E-state index in [-0.39, 0.29) is 5.60 Å². The first-order chi connectivity index (χ1) is 8.77. The lowest BCUT2D eigenvalue weighted by atomic mass is 9.92. The fraction of sp³-hybridized carbons (Fsp3) is 1.00. The van der Waals surface area contributed by atoms with E-state index in [4.69, 9.17) is 4.74 Å². The second-order valence-corrected chi connectivity index (χ2v) is 6.69. The molecule has 1 aliphatic carbocycles. The highest BCUT2D eigenvalue weighted by Crippen LogP contribution is 2.33. The molecule has 2 saturated heterocycles. The first-order valence-electron chi connectivity index (χ1n) is 7.88. The van der Waals surface area contributed by atoms with Crippen LogP contribution in [0.3, 0.4) is 0 Å². The van der Waals surface area contributed by atoms with E-state index < -0.39 is 0 Å². The lowest BCUT2D eigenvalue weighted by Crippen LogP contribution is -2.47. The minimum atomic E-state index is 0.107. The van der Waals surface area contributed by atoms with Crippen LogP contribution in [0, 0.1) is 5.92 Å². The molecule has 3 aliphatic rings. The molecule has 0 bridgehead atoms. The molecule has 3 rings (SSSR count). The molecule has 3 nitrogen and oxygen atoms in total. The van der Waals surface area contributed by atoms with Gasteiger partial charge in [-0.15, -0.1) is 0 Å². The van der Waals surface area contributed by atoms with Gasteiger partial charge in [0.15, 0.2) is 0 Å². The van der Waals surface area contributed by atoms with Gasteiger partial charge in [-0.25, -0.2) is 0 Å². The molecule has 2 heterocycles. The largest absolute Gasteiger partial charge is 0.374 e. The van der Waals surface area contributed by atoms with Crippen LogP contribution in [0.5, 0.6) is 0 Å². The first kappa shape index (κ1) is 12.9. The van der Waals surface area contributed by atoms with Crippen molar-refractivity contribution in [2.45, 2.75) is 69.6 Å². The summed E-state index contributed by atoms with van der Waals surface area (Å²) in [6.45, 7) is 5.50. The molecular formula is C15H28N2O. The van der Waals surface area contributed by atoms with Crippen molar-refractivity contribution in [3.63, 3.8) is 0 Å². The van der Waals surface area contributed by atoms with Crippen molar-refractivity contribution < 1.29 is 4.74 Å². The minimum absolute atomic E-state index is 0.107. The van der Waals surface area contributed by atoms with Gasteiger partial charge in [0.25, 0.3) is 0 Å². The highest BCUT2D eigenvalue weighted by atomic mass is 16.5. The zero-order chi connectivity index (χ0) is 12.4. The van der Waals surface area contributed by atoms with Crippen LogP contribution < -0.4 is 10.6 Å². The van der Waals surface area contributed by atoms with Gasteiger partial charge in [-0.3, -0.25) is 0 Å². The maximum atomic E-state index is 5.88. The molecule has 4 atom stereocenters. The lowest BCUT2D eigenvalue weighted by Gasteiger charge is -2.31. The van der Waals surface area contributed by atoms with Crippen LogP contribution in [0.1, 0.15) is 51.9 Å². The molecule has 2 N–H and O–H groups in total. The van der Waals surface area contributed by atoms with E-state index in [0.717, 1.165) is 31.2 Å². The molecule has 3 heteroatoms. The molecule has 0 aromatic heterocycles. The molecule has 0 radical (unpaired) electrons. The standard InChI is InChI=1S/C15H28N2O/c1-15(8-4-10-18-15)11-17-14-6-2-5-12(14)13-7-3-9-16-13/h12-14,16-17H,2-11H2,1H3. The SMILES string of the molecule is CC1(CNC2CCCC2C2CCCN2)CCCO1. The summed E-state index contributed by atoms with van der Waals surface area (Å²) in [6, 6.07) is 1.50. The van der Waals surface area contributed by atoms with Gasteiger partial charge in [0.1, 0.15) is 0 Å². The minimum Gasteiger partial charge on any atom is -0.374 e. The number of rotatable bonds is 4. The summed E-state index contributed by atoms with van der Waals surface area (Å²) in [7, 11) is 0. The Morgan fingerprint density at radius 1 is 1.22 bits per heavy atom. The van der Waals surface area contributed by atoms with Crippen molar-refractivity contribution >= 4 is 0 Å². The third-order valence-corrected chi connectivity index (χ3v) is 5.22. The van der Waals surface area contributed by atoms with E-state index in [2.05, 4.69) is 17.6 Å². The Morgan fingerprint density at radius 2 is 2.17 bits per heavy atom. The van der Waals surface area contributed by atoms with E-state index in [9.17, 15) is 0 Å². The molecule has 3 fully saturated rings. The highest BCUT2D eigenvalue weighted by Gasteiger charge is 2.37. The fourth-order valence-electron chi connectivity index (χ4n) is 4.12. The lowest BCUT2D eigenvalue weighted by molar-refractivity contribution is 0.0173. The van der Waals surface area contributed by atoms with Crippen LogP contribution in [0.25, 0.3) is 0 Å². The van der Waals surface area contributed by atoms with Crippen LogP contribution >= 0.6 is 0 Å². The number of ether oxygens (including phenoxy) is 1. The van der Waals surface area contributed by atoms with Gasteiger partial charge < -0.3 is 15.4 Å². The van der Waals surface area contributed by atoms with Crippen LogP contribution in [0.15, 0.2) is 0 Å². The summed E-state index contributed by atoms with van der Waals surface area (Å²) < 4.78 is 5.88. The Kier molecular flexibility index (Phi) is 3.92. The van der Waals surface area contributed by atoms with Crippen LogP contribution in [0.4, 0.5) is 0 Å². The first-order valence-corrected chi connectivity index (χ1v) is 7.88. The van der Waals surface area contributed by atoms with E-state index >= 15 is 0 Å². The predicted molar refractivity (Wildman–Crippen MR) is 73.7 cm³/mol. The Hall–Kier alpha value is -0.120. The number of nitrogens with one attached hydrogen (secondary N) is 2. The van der Waals surface area contributed by atoms with Gasteiger partial charge in [0.2, 0.25) is 0 Å². The van der Waals surface area contributed by atoms with Gasteiger partial charge in [0.05, 0.1) is 5.60 Å². The van der Waals surface area contributed by atoms with Gasteiger partial charge >= 0.3 is 0 Å². The van der Waals surface area contributed by atoms with Crippen molar-refractivity contribution in [1.82, 2.24) is 10.6 Å². The molecule has 1 saturated carbocycles. The number of hydrogen-bond donors (Lipinski definition) is 2. The van der Waals surface area contributed by atoms with Gasteiger partial charge in [-0.05, 0) is 57.9 Å². The Morgan fingerprint density at radius 3 is 2.89 bits per heavy atom. The second kappa shape index (κ2) is 5.48. The maximum absolute atomic E-state index is 5.88. The van der Waals surface area contributed by atoms with Gasteiger partial charge in [0, 0.05) is 25.2 Å². The normalized spacial score (nSPS) is 44.8. The molecule has 0 amide bonds. The summed E-state index contributed by atoms with van der Waals surface area (Å²) >= 11 is 0. The van der Waals surface area contributed by atoms with Crippen molar-refractivity contribution in [3.05, 3.63) is 0 Å². The van der Waals surface area contributed by atoms with E-state index in [1.54, 1.807) is 0 Å². The Bertz CT molecular complexity index is 270. The Labute approximate surface area is 111 Å². The zero-order valence-electron chi connectivity index (χ0n) is 11.7. The summed E-state index contributed by atoms with van der Waals surface area (Å²) in [4.78, 5) is 0. The van der Waals surface area contributed by atoms with Gasteiger partial charge in [-0.2, -0.15) is 0 Å². The van der Waals surface area contributed by atoms with E-state index in [1.807, 2.05) is 0 Å². The van der Waals surface area contributed by atoms with Crippen molar-refractivity contribution in [1.29, 1.82) is 0 Å². The molecule has 0 aromatic carbocycles. The Balaban J connectivity index is 1.51. The molecular weight excluding hydrogens is 224 g/mol. The second-order valence-electron chi connectivity index (χ2n) is 6.69. The summed E-state index contributed by atoms with van der Waals surface area (Å²) in [5, 5.41) is 7.52. The average molecular weight is 252 g/mol.